The molecule has 0 aliphatic rings. The van der Waals surface area contributed by atoms with E-state index in [1.54, 1.807) is 19.1 Å². The van der Waals surface area contributed by atoms with Crippen molar-refractivity contribution in [1.82, 2.24) is 15.1 Å². The molecule has 0 bridgehead atoms. The van der Waals surface area contributed by atoms with Gasteiger partial charge in [0.25, 0.3) is 5.56 Å². The molecule has 3 rings (SSSR count). The number of amides is 1. The summed E-state index contributed by atoms with van der Waals surface area (Å²) < 4.78 is 26.4. The van der Waals surface area contributed by atoms with Crippen LogP contribution >= 0.6 is 0 Å². The molecular weight excluding hydrogens is 390 g/mol. The molecule has 0 unspecified atom stereocenters. The molecule has 0 atom stereocenters. The van der Waals surface area contributed by atoms with Crippen LogP contribution < -0.4 is 10.9 Å². The van der Waals surface area contributed by atoms with E-state index in [1.165, 1.54) is 12.1 Å². The highest BCUT2D eigenvalue weighted by atomic mass is 32.2. The second kappa shape index (κ2) is 8.40. The highest BCUT2D eigenvalue weighted by Crippen LogP contribution is 2.18. The van der Waals surface area contributed by atoms with Crippen LogP contribution in [0.4, 0.5) is 0 Å². The van der Waals surface area contributed by atoms with Gasteiger partial charge in [-0.2, -0.15) is 5.10 Å². The number of sulfone groups is 1. The average Bonchev–Trinajstić information content (AvgIpc) is 2.69. The Morgan fingerprint density at radius 2 is 1.72 bits per heavy atom. The minimum Gasteiger partial charge on any atom is -0.350 e. The van der Waals surface area contributed by atoms with Gasteiger partial charge in [0, 0.05) is 12.6 Å². The Morgan fingerprint density at radius 3 is 2.41 bits per heavy atom. The number of rotatable bonds is 6. The molecule has 0 radical (unpaired) electrons. The van der Waals surface area contributed by atoms with Crippen LogP contribution in [0.1, 0.15) is 16.7 Å². The molecule has 7 nitrogen and oxygen atoms in total. The summed E-state index contributed by atoms with van der Waals surface area (Å²) in [7, 11) is -3.90. The van der Waals surface area contributed by atoms with E-state index in [1.807, 2.05) is 31.2 Å². The number of aryl methyl sites for hydroxylation is 2. The molecule has 1 amide bonds. The lowest BCUT2D eigenvalue weighted by molar-refractivity contribution is -0.122. The van der Waals surface area contributed by atoms with Gasteiger partial charge in [0.1, 0.15) is 6.54 Å². The van der Waals surface area contributed by atoms with E-state index in [0.29, 0.717) is 6.54 Å². The van der Waals surface area contributed by atoms with Crippen LogP contribution in [0.25, 0.3) is 0 Å². The molecule has 0 saturated heterocycles. The number of benzene rings is 2. The fourth-order valence-electron chi connectivity index (χ4n) is 2.69. The lowest BCUT2D eigenvalue weighted by Gasteiger charge is -2.09. The molecule has 8 heteroatoms. The molecule has 1 N–H and O–H groups in total. The Labute approximate surface area is 168 Å². The first-order chi connectivity index (χ1) is 13.8. The van der Waals surface area contributed by atoms with Gasteiger partial charge in [-0.1, -0.05) is 42.0 Å². The number of nitrogens with zero attached hydrogens (tertiary/aromatic N) is 2. The van der Waals surface area contributed by atoms with Crippen LogP contribution in [0, 0.1) is 13.8 Å². The van der Waals surface area contributed by atoms with Crippen molar-refractivity contribution in [2.45, 2.75) is 36.9 Å². The minimum atomic E-state index is -3.90. The summed E-state index contributed by atoms with van der Waals surface area (Å²) in [6, 6.07) is 16.3. The molecule has 0 aliphatic carbocycles. The Kier molecular flexibility index (Phi) is 5.93. The van der Waals surface area contributed by atoms with Gasteiger partial charge in [-0.05, 0) is 43.2 Å². The average molecular weight is 411 g/mol. The molecule has 2 aromatic carbocycles. The van der Waals surface area contributed by atoms with Gasteiger partial charge in [0.15, 0.2) is 5.03 Å². The number of carbonyl (C=O) groups is 1. The highest BCUT2D eigenvalue weighted by molar-refractivity contribution is 7.91. The van der Waals surface area contributed by atoms with Crippen molar-refractivity contribution in [3.63, 3.8) is 0 Å². The lowest BCUT2D eigenvalue weighted by atomic mass is 10.1. The predicted octanol–water partition coefficient (Wildman–Crippen LogP) is 2.01. The summed E-state index contributed by atoms with van der Waals surface area (Å²) in [5.41, 5.74) is 2.26. The first kappa shape index (κ1) is 20.5. The number of hydrogen-bond donors (Lipinski definition) is 1. The molecule has 150 valence electrons. The minimum absolute atomic E-state index is 0.0824. The van der Waals surface area contributed by atoms with E-state index in [4.69, 9.17) is 0 Å². The summed E-state index contributed by atoms with van der Waals surface area (Å²) >= 11 is 0. The smallest absolute Gasteiger partial charge is 0.267 e. The fourth-order valence-corrected chi connectivity index (χ4v) is 3.98. The normalized spacial score (nSPS) is 11.2. The van der Waals surface area contributed by atoms with Gasteiger partial charge < -0.3 is 5.32 Å². The number of hydrogen-bond acceptors (Lipinski definition) is 5. The van der Waals surface area contributed by atoms with Crippen molar-refractivity contribution in [2.75, 3.05) is 0 Å². The van der Waals surface area contributed by atoms with Gasteiger partial charge in [0.05, 0.1) is 4.90 Å². The first-order valence-electron chi connectivity index (χ1n) is 8.98. The van der Waals surface area contributed by atoms with Crippen LogP contribution in [-0.2, 0) is 27.7 Å². The molecule has 0 fully saturated rings. The molecule has 0 saturated carbocycles. The Hall–Kier alpha value is -3.26. The van der Waals surface area contributed by atoms with Crippen LogP contribution in [0.5, 0.6) is 0 Å². The second-order valence-electron chi connectivity index (χ2n) is 6.75. The highest BCUT2D eigenvalue weighted by Gasteiger charge is 2.21. The zero-order valence-corrected chi connectivity index (χ0v) is 16.9. The van der Waals surface area contributed by atoms with E-state index < -0.39 is 21.3 Å². The maximum atomic E-state index is 12.8. The third-order valence-corrected chi connectivity index (χ3v) is 5.96. The number of carbonyl (C=O) groups excluding carboxylic acids is 1. The second-order valence-corrected chi connectivity index (χ2v) is 8.65. The van der Waals surface area contributed by atoms with Gasteiger partial charge >= 0.3 is 0 Å². The first-order valence-corrected chi connectivity index (χ1v) is 10.5. The number of nitrogens with one attached hydrogen (secondary N) is 1. The third-order valence-electron chi connectivity index (χ3n) is 4.32. The van der Waals surface area contributed by atoms with Gasteiger partial charge in [-0.25, -0.2) is 13.1 Å². The molecule has 29 heavy (non-hydrogen) atoms. The van der Waals surface area contributed by atoms with Crippen molar-refractivity contribution < 1.29 is 13.2 Å². The monoisotopic (exact) mass is 411 g/mol. The van der Waals surface area contributed by atoms with Crippen LogP contribution in [0.3, 0.4) is 0 Å². The standard InChI is InChI=1S/C21H21N3O4S/c1-15-6-8-17(9-7-15)13-22-19(25)14-24-21(26)11-10-20(23-24)29(27,28)18-5-3-4-16(2)12-18/h3-12H,13-14H2,1-2H3,(H,22,25). The third kappa shape index (κ3) is 4.97. The topological polar surface area (TPSA) is 98.1 Å². The van der Waals surface area contributed by atoms with Crippen molar-refractivity contribution >= 4 is 15.7 Å². The Morgan fingerprint density at radius 1 is 1.00 bits per heavy atom. The lowest BCUT2D eigenvalue weighted by Crippen LogP contribution is -2.33. The van der Waals surface area contributed by atoms with Gasteiger partial charge in [-0.15, -0.1) is 0 Å². The molecule has 1 aromatic heterocycles. The van der Waals surface area contributed by atoms with E-state index in [9.17, 15) is 18.0 Å². The molecule has 0 spiro atoms. The molecule has 1 heterocycles. The summed E-state index contributed by atoms with van der Waals surface area (Å²) in [6.45, 7) is 3.68. The molecule has 3 aromatic rings. The Balaban J connectivity index is 1.77. The predicted molar refractivity (Wildman–Crippen MR) is 108 cm³/mol. The number of aromatic nitrogens is 2. The van der Waals surface area contributed by atoms with E-state index in [0.717, 1.165) is 33.5 Å². The molecule has 0 aliphatic heterocycles. The van der Waals surface area contributed by atoms with E-state index >= 15 is 0 Å². The largest absolute Gasteiger partial charge is 0.350 e. The zero-order chi connectivity index (χ0) is 21.0. The van der Waals surface area contributed by atoms with E-state index in [-0.39, 0.29) is 16.5 Å². The van der Waals surface area contributed by atoms with Gasteiger partial charge in [-0.3, -0.25) is 9.59 Å². The quantitative estimate of drug-likeness (QED) is 0.669. The summed E-state index contributed by atoms with van der Waals surface area (Å²) in [5.74, 6) is -0.440. The van der Waals surface area contributed by atoms with Crippen molar-refractivity contribution in [1.29, 1.82) is 0 Å². The SMILES string of the molecule is Cc1ccc(CNC(=O)Cn2nc(S(=O)(=O)c3cccc(C)c3)ccc2=O)cc1. The van der Waals surface area contributed by atoms with Gasteiger partial charge in [0.2, 0.25) is 15.7 Å². The summed E-state index contributed by atoms with van der Waals surface area (Å²) in [6.07, 6.45) is 0. The maximum Gasteiger partial charge on any atom is 0.267 e. The fraction of sp³-hybridized carbons (Fsp3) is 0.190. The molecular formula is C21H21N3O4S. The van der Waals surface area contributed by atoms with Crippen molar-refractivity contribution in [3.8, 4) is 0 Å². The van der Waals surface area contributed by atoms with Crippen LogP contribution in [0.15, 0.2) is 75.4 Å². The van der Waals surface area contributed by atoms with Crippen molar-refractivity contribution in [3.05, 3.63) is 87.7 Å². The summed E-state index contributed by atoms with van der Waals surface area (Å²) in [4.78, 5) is 24.4. The van der Waals surface area contributed by atoms with Crippen molar-refractivity contribution in [2.24, 2.45) is 0 Å². The maximum absolute atomic E-state index is 12.8. The van der Waals surface area contributed by atoms with Crippen LogP contribution in [-0.4, -0.2) is 24.1 Å². The van der Waals surface area contributed by atoms with Crippen LogP contribution in [0.2, 0.25) is 0 Å². The summed E-state index contributed by atoms with van der Waals surface area (Å²) in [5, 5.41) is 6.33. The zero-order valence-electron chi connectivity index (χ0n) is 16.1. The Bertz CT molecular complexity index is 1200. The van der Waals surface area contributed by atoms with E-state index in [2.05, 4.69) is 10.4 Å².